The van der Waals surface area contributed by atoms with Crippen molar-refractivity contribution in [3.8, 4) is 0 Å². The lowest BCUT2D eigenvalue weighted by Gasteiger charge is -2.21. The van der Waals surface area contributed by atoms with Gasteiger partial charge in [0.15, 0.2) is 0 Å². The molecule has 0 atom stereocenters. The fourth-order valence-electron chi connectivity index (χ4n) is 2.75. The Labute approximate surface area is 164 Å². The molecule has 0 aliphatic heterocycles. The Balaban J connectivity index is 1.98. The Morgan fingerprint density at radius 1 is 1.04 bits per heavy atom. The van der Waals surface area contributed by atoms with Gasteiger partial charge < -0.3 is 10.2 Å². The first-order chi connectivity index (χ1) is 12.2. The van der Waals surface area contributed by atoms with E-state index in [2.05, 4.69) is 5.32 Å². The lowest BCUT2D eigenvalue weighted by molar-refractivity contribution is -0.132. The third-order valence-electron chi connectivity index (χ3n) is 3.95. The summed E-state index contributed by atoms with van der Waals surface area (Å²) in [6, 6.07) is 11.1. The van der Waals surface area contributed by atoms with E-state index in [1.165, 1.54) is 11.8 Å². The van der Waals surface area contributed by atoms with Crippen molar-refractivity contribution in [1.82, 2.24) is 4.90 Å². The maximum atomic E-state index is 12.3. The second kappa shape index (κ2) is 9.06. The van der Waals surface area contributed by atoms with Crippen LogP contribution in [0.5, 0.6) is 0 Å². The summed E-state index contributed by atoms with van der Waals surface area (Å²) < 4.78 is 0. The number of carbonyl (C=O) groups excluding carboxylic acids is 2. The van der Waals surface area contributed by atoms with Gasteiger partial charge in [0.2, 0.25) is 11.8 Å². The molecule has 26 heavy (non-hydrogen) atoms. The molecular weight excluding hydrogens is 371 g/mol. The van der Waals surface area contributed by atoms with Crippen LogP contribution >= 0.6 is 23.2 Å². The normalized spacial score (nSPS) is 10.5. The summed E-state index contributed by atoms with van der Waals surface area (Å²) in [4.78, 5) is 25.7. The van der Waals surface area contributed by atoms with Crippen LogP contribution in [0.3, 0.4) is 0 Å². The monoisotopic (exact) mass is 392 g/mol. The number of rotatable bonds is 6. The minimum Gasteiger partial charge on any atom is -0.333 e. The smallest absolute Gasteiger partial charge is 0.243 e. The van der Waals surface area contributed by atoms with Gasteiger partial charge in [-0.1, -0.05) is 35.3 Å². The van der Waals surface area contributed by atoms with Gasteiger partial charge in [0.1, 0.15) is 0 Å². The Hall–Kier alpha value is -2.04. The van der Waals surface area contributed by atoms with Gasteiger partial charge in [-0.2, -0.15) is 0 Å². The molecule has 4 nitrogen and oxygen atoms in total. The van der Waals surface area contributed by atoms with Crippen molar-refractivity contribution in [2.75, 3.05) is 18.4 Å². The number of nitrogens with zero attached hydrogens (tertiary/aromatic N) is 1. The van der Waals surface area contributed by atoms with Gasteiger partial charge in [-0.15, -0.1) is 0 Å². The quantitative estimate of drug-likeness (QED) is 0.777. The molecule has 2 aromatic carbocycles. The highest BCUT2D eigenvalue weighted by Crippen LogP contribution is 2.21. The van der Waals surface area contributed by atoms with Crippen LogP contribution in [0, 0.1) is 13.8 Å². The minimum absolute atomic E-state index is 0.00642. The van der Waals surface area contributed by atoms with Crippen molar-refractivity contribution in [3.05, 3.63) is 63.1 Å². The molecule has 0 bridgehead atoms. The first kappa shape index (κ1) is 20.3. The highest BCUT2D eigenvalue weighted by atomic mass is 35.5. The number of benzene rings is 2. The van der Waals surface area contributed by atoms with Crippen molar-refractivity contribution in [3.63, 3.8) is 0 Å². The number of hydrogen-bond donors (Lipinski definition) is 1. The van der Waals surface area contributed by atoms with Crippen molar-refractivity contribution >= 4 is 40.7 Å². The standard InChI is InChI=1S/C20H22Cl2N2O2/c1-13-8-14(2)10-18(9-13)23-20(26)12-24(15(3)25)7-6-16-4-5-17(21)11-19(16)22/h4-5,8-11H,6-7,12H2,1-3H3,(H,23,26). The molecule has 6 heteroatoms. The van der Waals surface area contributed by atoms with Gasteiger partial charge in [-0.25, -0.2) is 0 Å². The van der Waals surface area contributed by atoms with Gasteiger partial charge in [-0.05, 0) is 61.2 Å². The summed E-state index contributed by atoms with van der Waals surface area (Å²) in [6.45, 7) is 5.79. The highest BCUT2D eigenvalue weighted by molar-refractivity contribution is 6.35. The fourth-order valence-corrected chi connectivity index (χ4v) is 3.25. The van der Waals surface area contributed by atoms with Crippen LogP contribution in [-0.4, -0.2) is 29.8 Å². The first-order valence-corrected chi connectivity index (χ1v) is 9.08. The minimum atomic E-state index is -0.229. The molecule has 1 N–H and O–H groups in total. The third kappa shape index (κ3) is 6.04. The lowest BCUT2D eigenvalue weighted by Crippen LogP contribution is -2.38. The number of hydrogen-bond acceptors (Lipinski definition) is 2. The van der Waals surface area contributed by atoms with Crippen molar-refractivity contribution in [1.29, 1.82) is 0 Å². The average Bonchev–Trinajstić information content (AvgIpc) is 2.51. The number of amides is 2. The molecule has 2 rings (SSSR count). The molecule has 0 saturated carbocycles. The average molecular weight is 393 g/mol. The first-order valence-electron chi connectivity index (χ1n) is 8.32. The molecule has 0 unspecified atom stereocenters. The molecule has 0 aliphatic carbocycles. The maximum absolute atomic E-state index is 12.3. The van der Waals surface area contributed by atoms with Crippen LogP contribution in [0.15, 0.2) is 36.4 Å². The van der Waals surface area contributed by atoms with Gasteiger partial charge in [0, 0.05) is 29.2 Å². The summed E-state index contributed by atoms with van der Waals surface area (Å²) in [5, 5.41) is 3.97. The molecular formula is C20H22Cl2N2O2. The van der Waals surface area contributed by atoms with E-state index in [9.17, 15) is 9.59 Å². The number of halogens is 2. The second-order valence-corrected chi connectivity index (χ2v) is 7.19. The van der Waals surface area contributed by atoms with E-state index >= 15 is 0 Å². The van der Waals surface area contributed by atoms with Gasteiger partial charge >= 0.3 is 0 Å². The van der Waals surface area contributed by atoms with Crippen LogP contribution in [0.4, 0.5) is 5.69 Å². The van der Waals surface area contributed by atoms with Crippen molar-refractivity contribution in [2.45, 2.75) is 27.2 Å². The maximum Gasteiger partial charge on any atom is 0.243 e. The molecule has 0 heterocycles. The van der Waals surface area contributed by atoms with Crippen molar-refractivity contribution < 1.29 is 9.59 Å². The molecule has 138 valence electrons. The zero-order valence-corrected chi connectivity index (χ0v) is 16.6. The second-order valence-electron chi connectivity index (χ2n) is 6.35. The summed E-state index contributed by atoms with van der Waals surface area (Å²) >= 11 is 12.1. The van der Waals surface area contributed by atoms with Gasteiger partial charge in [-0.3, -0.25) is 9.59 Å². The topological polar surface area (TPSA) is 49.4 Å². The van der Waals surface area contributed by atoms with Crippen molar-refractivity contribution in [2.24, 2.45) is 0 Å². The summed E-state index contributed by atoms with van der Waals surface area (Å²) in [6.07, 6.45) is 0.548. The lowest BCUT2D eigenvalue weighted by atomic mass is 10.1. The van der Waals surface area contributed by atoms with Crippen LogP contribution in [0.1, 0.15) is 23.6 Å². The van der Waals surface area contributed by atoms with E-state index < -0.39 is 0 Å². The molecule has 0 aliphatic rings. The summed E-state index contributed by atoms with van der Waals surface area (Å²) in [7, 11) is 0. The zero-order valence-electron chi connectivity index (χ0n) is 15.1. The van der Waals surface area contributed by atoms with E-state index in [4.69, 9.17) is 23.2 Å². The molecule has 2 amide bonds. The Morgan fingerprint density at radius 2 is 1.69 bits per heavy atom. The SMILES string of the molecule is CC(=O)N(CCc1ccc(Cl)cc1Cl)CC(=O)Nc1cc(C)cc(C)c1. The number of nitrogens with one attached hydrogen (secondary N) is 1. The Morgan fingerprint density at radius 3 is 2.27 bits per heavy atom. The predicted octanol–water partition coefficient (Wildman–Crippen LogP) is 4.64. The predicted molar refractivity (Wildman–Crippen MR) is 107 cm³/mol. The summed E-state index contributed by atoms with van der Waals surface area (Å²) in [5.74, 6) is -0.391. The Kier molecular flexibility index (Phi) is 7.06. The molecule has 0 saturated heterocycles. The van der Waals surface area contributed by atoms with Crippen LogP contribution < -0.4 is 5.32 Å². The summed E-state index contributed by atoms with van der Waals surface area (Å²) in [5.41, 5.74) is 3.76. The van der Waals surface area contributed by atoms with Crippen LogP contribution in [-0.2, 0) is 16.0 Å². The number of anilines is 1. The van der Waals surface area contributed by atoms with E-state index in [0.717, 1.165) is 22.4 Å². The van der Waals surface area contributed by atoms with E-state index in [1.807, 2.05) is 38.1 Å². The van der Waals surface area contributed by atoms with Gasteiger partial charge in [0.05, 0.1) is 6.54 Å². The molecule has 0 spiro atoms. The third-order valence-corrected chi connectivity index (χ3v) is 4.54. The van der Waals surface area contributed by atoms with E-state index in [0.29, 0.717) is 23.0 Å². The molecule has 0 radical (unpaired) electrons. The molecule has 0 aromatic heterocycles. The van der Waals surface area contributed by atoms with Crippen LogP contribution in [0.25, 0.3) is 0 Å². The van der Waals surface area contributed by atoms with E-state index in [1.54, 1.807) is 12.1 Å². The largest absolute Gasteiger partial charge is 0.333 e. The zero-order chi connectivity index (χ0) is 19.3. The Bertz CT molecular complexity index is 801. The highest BCUT2D eigenvalue weighted by Gasteiger charge is 2.15. The van der Waals surface area contributed by atoms with E-state index in [-0.39, 0.29) is 18.4 Å². The molecule has 2 aromatic rings. The number of carbonyl (C=O) groups is 2. The fraction of sp³-hybridized carbons (Fsp3) is 0.300. The van der Waals surface area contributed by atoms with Gasteiger partial charge in [0.25, 0.3) is 0 Å². The van der Waals surface area contributed by atoms with Crippen LogP contribution in [0.2, 0.25) is 10.0 Å². The number of aryl methyl sites for hydroxylation is 2. The molecule has 0 fully saturated rings.